The SMILES string of the molecule is Cc1cc(C(=O)N2CCN(CC(=O)NC3CCCCC3)CC2)ccc1F. The van der Waals surface area contributed by atoms with Gasteiger partial charge in [-0.25, -0.2) is 4.39 Å². The van der Waals surface area contributed by atoms with Gasteiger partial charge in [0, 0.05) is 37.8 Å². The van der Waals surface area contributed by atoms with Crippen molar-refractivity contribution >= 4 is 11.8 Å². The van der Waals surface area contributed by atoms with Crippen molar-refractivity contribution in [1.82, 2.24) is 15.1 Å². The molecule has 1 heterocycles. The molecule has 6 heteroatoms. The summed E-state index contributed by atoms with van der Waals surface area (Å²) in [6, 6.07) is 4.81. The summed E-state index contributed by atoms with van der Waals surface area (Å²) in [4.78, 5) is 28.7. The van der Waals surface area contributed by atoms with Crippen LogP contribution in [0.15, 0.2) is 18.2 Å². The van der Waals surface area contributed by atoms with Crippen LogP contribution in [-0.2, 0) is 4.79 Å². The molecule has 1 aromatic carbocycles. The standard InChI is InChI=1S/C20H28FN3O2/c1-15-13-16(7-8-18(15)21)20(26)24-11-9-23(10-12-24)14-19(25)22-17-5-3-2-4-6-17/h7-8,13,17H,2-6,9-12,14H2,1H3,(H,22,25). The number of nitrogens with zero attached hydrogens (tertiary/aromatic N) is 2. The third-order valence-corrected chi connectivity index (χ3v) is 5.40. The minimum atomic E-state index is -0.296. The number of amides is 2. The van der Waals surface area contributed by atoms with E-state index in [0.29, 0.717) is 49.9 Å². The highest BCUT2D eigenvalue weighted by Crippen LogP contribution is 2.17. The number of rotatable bonds is 4. The van der Waals surface area contributed by atoms with E-state index in [0.717, 1.165) is 12.8 Å². The van der Waals surface area contributed by atoms with Gasteiger partial charge in [-0.3, -0.25) is 14.5 Å². The van der Waals surface area contributed by atoms with Crippen molar-refractivity contribution in [3.63, 3.8) is 0 Å². The predicted octanol–water partition coefficient (Wildman–Crippen LogP) is 2.34. The summed E-state index contributed by atoms with van der Waals surface area (Å²) in [7, 11) is 0. The van der Waals surface area contributed by atoms with E-state index in [-0.39, 0.29) is 17.6 Å². The van der Waals surface area contributed by atoms with E-state index in [1.165, 1.54) is 31.4 Å². The van der Waals surface area contributed by atoms with E-state index in [1.807, 2.05) is 0 Å². The third-order valence-electron chi connectivity index (χ3n) is 5.40. The van der Waals surface area contributed by atoms with Crippen molar-refractivity contribution in [3.05, 3.63) is 35.1 Å². The molecule has 0 atom stereocenters. The van der Waals surface area contributed by atoms with Crippen molar-refractivity contribution in [2.75, 3.05) is 32.7 Å². The molecule has 0 aromatic heterocycles. The highest BCUT2D eigenvalue weighted by Gasteiger charge is 2.24. The molecule has 1 N–H and O–H groups in total. The molecule has 2 aliphatic rings. The van der Waals surface area contributed by atoms with E-state index in [2.05, 4.69) is 10.2 Å². The molecule has 142 valence electrons. The van der Waals surface area contributed by atoms with Crippen LogP contribution in [0.5, 0.6) is 0 Å². The maximum absolute atomic E-state index is 13.4. The lowest BCUT2D eigenvalue weighted by atomic mass is 9.95. The smallest absolute Gasteiger partial charge is 0.253 e. The molecule has 3 rings (SSSR count). The molecule has 2 amide bonds. The van der Waals surface area contributed by atoms with Gasteiger partial charge in [0.25, 0.3) is 5.91 Å². The van der Waals surface area contributed by atoms with Crippen LogP contribution >= 0.6 is 0 Å². The molecular weight excluding hydrogens is 333 g/mol. The minimum absolute atomic E-state index is 0.0700. The number of carbonyl (C=O) groups is 2. The van der Waals surface area contributed by atoms with Gasteiger partial charge in [-0.05, 0) is 43.5 Å². The maximum atomic E-state index is 13.4. The fraction of sp³-hybridized carbons (Fsp3) is 0.600. The summed E-state index contributed by atoms with van der Waals surface area (Å²) in [6.07, 6.45) is 5.86. The van der Waals surface area contributed by atoms with Gasteiger partial charge in [0.15, 0.2) is 0 Å². The van der Waals surface area contributed by atoms with Crippen molar-refractivity contribution in [1.29, 1.82) is 0 Å². The van der Waals surface area contributed by atoms with Gasteiger partial charge in [-0.2, -0.15) is 0 Å². The van der Waals surface area contributed by atoms with Crippen LogP contribution < -0.4 is 5.32 Å². The Hall–Kier alpha value is -1.95. The molecule has 0 spiro atoms. The maximum Gasteiger partial charge on any atom is 0.253 e. The number of aryl methyl sites for hydroxylation is 1. The van der Waals surface area contributed by atoms with Gasteiger partial charge >= 0.3 is 0 Å². The second kappa shape index (κ2) is 8.62. The van der Waals surface area contributed by atoms with Crippen molar-refractivity contribution in [2.24, 2.45) is 0 Å². The Balaban J connectivity index is 1.45. The first-order valence-electron chi connectivity index (χ1n) is 9.60. The summed E-state index contributed by atoms with van der Waals surface area (Å²) in [6.45, 7) is 4.61. The predicted molar refractivity (Wildman–Crippen MR) is 98.5 cm³/mol. The van der Waals surface area contributed by atoms with Gasteiger partial charge in [0.1, 0.15) is 5.82 Å². The first-order valence-corrected chi connectivity index (χ1v) is 9.60. The van der Waals surface area contributed by atoms with Gasteiger partial charge in [0.05, 0.1) is 6.54 Å². The molecule has 1 saturated carbocycles. The second-order valence-electron chi connectivity index (χ2n) is 7.43. The third kappa shape index (κ3) is 4.81. The van der Waals surface area contributed by atoms with Crippen LogP contribution in [0.25, 0.3) is 0 Å². The molecule has 1 saturated heterocycles. The Kier molecular flexibility index (Phi) is 6.25. The Morgan fingerprint density at radius 2 is 1.81 bits per heavy atom. The number of benzene rings is 1. The molecule has 26 heavy (non-hydrogen) atoms. The zero-order valence-corrected chi connectivity index (χ0v) is 15.5. The Morgan fingerprint density at radius 1 is 1.12 bits per heavy atom. The molecular formula is C20H28FN3O2. The van der Waals surface area contributed by atoms with Crippen LogP contribution in [-0.4, -0.2) is 60.4 Å². The number of hydrogen-bond donors (Lipinski definition) is 1. The molecule has 0 unspecified atom stereocenters. The quantitative estimate of drug-likeness (QED) is 0.896. The van der Waals surface area contributed by atoms with Crippen LogP contribution in [0.2, 0.25) is 0 Å². The Labute approximate surface area is 154 Å². The number of carbonyl (C=O) groups excluding carboxylic acids is 2. The molecule has 1 aliphatic heterocycles. The molecule has 1 aromatic rings. The molecule has 1 aliphatic carbocycles. The fourth-order valence-electron chi connectivity index (χ4n) is 3.79. The molecule has 0 bridgehead atoms. The topological polar surface area (TPSA) is 52.7 Å². The summed E-state index contributed by atoms with van der Waals surface area (Å²) < 4.78 is 13.4. The van der Waals surface area contributed by atoms with Crippen molar-refractivity contribution < 1.29 is 14.0 Å². The second-order valence-corrected chi connectivity index (χ2v) is 7.43. The summed E-state index contributed by atoms with van der Waals surface area (Å²) in [5.41, 5.74) is 1.00. The number of halogens is 1. The van der Waals surface area contributed by atoms with E-state index >= 15 is 0 Å². The zero-order valence-electron chi connectivity index (χ0n) is 15.5. The lowest BCUT2D eigenvalue weighted by Crippen LogP contribution is -2.52. The van der Waals surface area contributed by atoms with Crippen LogP contribution in [0.3, 0.4) is 0 Å². The average molecular weight is 361 g/mol. The minimum Gasteiger partial charge on any atom is -0.352 e. The van der Waals surface area contributed by atoms with Crippen LogP contribution in [0.4, 0.5) is 4.39 Å². The Morgan fingerprint density at radius 3 is 2.46 bits per heavy atom. The van der Waals surface area contributed by atoms with E-state index in [4.69, 9.17) is 0 Å². The van der Waals surface area contributed by atoms with Gasteiger partial charge in [-0.1, -0.05) is 19.3 Å². The first-order chi connectivity index (χ1) is 12.5. The average Bonchev–Trinajstić information content (AvgIpc) is 2.65. The fourth-order valence-corrected chi connectivity index (χ4v) is 3.79. The monoisotopic (exact) mass is 361 g/mol. The van der Waals surface area contributed by atoms with Crippen molar-refractivity contribution in [2.45, 2.75) is 45.1 Å². The number of hydrogen-bond acceptors (Lipinski definition) is 3. The highest BCUT2D eigenvalue weighted by atomic mass is 19.1. The zero-order chi connectivity index (χ0) is 18.5. The number of piperazine rings is 1. The van der Waals surface area contributed by atoms with E-state index in [9.17, 15) is 14.0 Å². The molecule has 5 nitrogen and oxygen atoms in total. The van der Waals surface area contributed by atoms with Crippen LogP contribution in [0, 0.1) is 12.7 Å². The van der Waals surface area contributed by atoms with E-state index in [1.54, 1.807) is 17.9 Å². The van der Waals surface area contributed by atoms with Gasteiger partial charge in [0.2, 0.25) is 5.91 Å². The van der Waals surface area contributed by atoms with Gasteiger partial charge < -0.3 is 10.2 Å². The number of nitrogens with one attached hydrogen (secondary N) is 1. The van der Waals surface area contributed by atoms with Crippen LogP contribution in [0.1, 0.15) is 48.0 Å². The normalized spacial score (nSPS) is 19.4. The Bertz CT molecular complexity index is 650. The lowest BCUT2D eigenvalue weighted by Gasteiger charge is -2.34. The first kappa shape index (κ1) is 18.8. The summed E-state index contributed by atoms with van der Waals surface area (Å²) in [5.74, 6) is -0.277. The summed E-state index contributed by atoms with van der Waals surface area (Å²) >= 11 is 0. The van der Waals surface area contributed by atoms with E-state index < -0.39 is 0 Å². The lowest BCUT2D eigenvalue weighted by molar-refractivity contribution is -0.123. The van der Waals surface area contributed by atoms with Gasteiger partial charge in [-0.15, -0.1) is 0 Å². The summed E-state index contributed by atoms with van der Waals surface area (Å²) in [5, 5.41) is 3.14. The molecule has 0 radical (unpaired) electrons. The molecule has 2 fully saturated rings. The highest BCUT2D eigenvalue weighted by molar-refractivity contribution is 5.94. The largest absolute Gasteiger partial charge is 0.352 e. The van der Waals surface area contributed by atoms with Crippen molar-refractivity contribution in [3.8, 4) is 0 Å².